The van der Waals surface area contributed by atoms with Crippen LogP contribution in [0.25, 0.3) is 10.2 Å². The maximum atomic E-state index is 12.6. The van der Waals surface area contributed by atoms with Crippen molar-refractivity contribution in [1.29, 1.82) is 0 Å². The van der Waals surface area contributed by atoms with Gasteiger partial charge in [0.25, 0.3) is 5.56 Å². The first-order valence-corrected chi connectivity index (χ1v) is 9.51. The monoisotopic (exact) mass is 389 g/mol. The Bertz CT molecular complexity index is 1090. The smallest absolute Gasteiger partial charge is 0.355 e. The molecule has 0 unspecified atom stereocenters. The molecule has 27 heavy (non-hydrogen) atoms. The van der Waals surface area contributed by atoms with Crippen LogP contribution in [0.4, 0.5) is 0 Å². The molecule has 0 aliphatic rings. The molecule has 3 aromatic rings. The van der Waals surface area contributed by atoms with Crippen molar-refractivity contribution >= 4 is 27.5 Å². The van der Waals surface area contributed by atoms with Gasteiger partial charge in [-0.3, -0.25) is 4.79 Å². The fourth-order valence-electron chi connectivity index (χ4n) is 3.33. The number of nitrogens with zero attached hydrogens (tertiary/aromatic N) is 1. The van der Waals surface area contributed by atoms with Crippen molar-refractivity contribution in [2.24, 2.45) is 0 Å². The van der Waals surface area contributed by atoms with Gasteiger partial charge in [0.05, 0.1) is 11.5 Å². The molecule has 3 N–H and O–H groups in total. The molecule has 2 atom stereocenters. The highest BCUT2D eigenvalue weighted by Gasteiger charge is 2.24. The van der Waals surface area contributed by atoms with Gasteiger partial charge in [0.1, 0.15) is 10.5 Å². The van der Waals surface area contributed by atoms with Crippen LogP contribution in [0.1, 0.15) is 69.6 Å². The van der Waals surface area contributed by atoms with Crippen LogP contribution in [-0.4, -0.2) is 26.0 Å². The van der Waals surface area contributed by atoms with Gasteiger partial charge in [-0.05, 0) is 52.7 Å². The molecular weight excluding hydrogens is 366 g/mol. The van der Waals surface area contributed by atoms with Crippen molar-refractivity contribution < 1.29 is 14.6 Å². The molecule has 0 fully saturated rings. The lowest BCUT2D eigenvalue weighted by atomic mass is 10.1. The van der Waals surface area contributed by atoms with E-state index in [1.165, 1.54) is 11.3 Å². The molecule has 3 heterocycles. The molecule has 7 nitrogen and oxygen atoms in total. The Hall–Kier alpha value is -2.45. The van der Waals surface area contributed by atoms with Crippen molar-refractivity contribution in [2.75, 3.05) is 0 Å². The highest BCUT2D eigenvalue weighted by atomic mass is 32.1. The van der Waals surface area contributed by atoms with Gasteiger partial charge < -0.3 is 19.8 Å². The molecule has 0 amide bonds. The quantitative estimate of drug-likeness (QED) is 0.592. The predicted octanol–water partition coefficient (Wildman–Crippen LogP) is 3.52. The molecule has 144 valence electrons. The fourth-order valence-corrected chi connectivity index (χ4v) is 4.37. The molecule has 0 spiro atoms. The number of fused-ring (bicyclic) bond motifs is 1. The van der Waals surface area contributed by atoms with Crippen molar-refractivity contribution in [2.45, 2.75) is 53.8 Å². The van der Waals surface area contributed by atoms with Crippen LogP contribution >= 0.6 is 11.3 Å². The summed E-state index contributed by atoms with van der Waals surface area (Å²) >= 11 is 1.45. The minimum absolute atomic E-state index is 0.233. The number of aromatic nitrogens is 3. The summed E-state index contributed by atoms with van der Waals surface area (Å²) in [5.74, 6) is -0.255. The number of carbonyl (C=O) groups is 1. The maximum absolute atomic E-state index is 12.6. The number of hydrogen-bond acceptors (Lipinski definition) is 6. The van der Waals surface area contributed by atoms with Crippen LogP contribution in [0.15, 0.2) is 4.79 Å². The van der Waals surface area contributed by atoms with E-state index < -0.39 is 18.2 Å². The zero-order valence-corrected chi connectivity index (χ0v) is 17.0. The first-order chi connectivity index (χ1) is 12.6. The number of aryl methyl sites for hydroxylation is 3. The number of thiophene rings is 1. The zero-order valence-electron chi connectivity index (χ0n) is 16.2. The molecule has 3 aromatic heterocycles. The zero-order chi connectivity index (χ0) is 20.0. The third kappa shape index (κ3) is 3.30. The van der Waals surface area contributed by atoms with Gasteiger partial charge in [-0.1, -0.05) is 0 Å². The van der Waals surface area contributed by atoms with E-state index >= 15 is 0 Å². The van der Waals surface area contributed by atoms with Gasteiger partial charge in [-0.2, -0.15) is 0 Å². The highest BCUT2D eigenvalue weighted by Crippen LogP contribution is 2.28. The number of ether oxygens (including phenoxy) is 1. The Morgan fingerprint density at radius 1 is 1.15 bits per heavy atom. The lowest BCUT2D eigenvalue weighted by Gasteiger charge is -2.12. The van der Waals surface area contributed by atoms with Crippen LogP contribution in [-0.2, 0) is 4.74 Å². The molecule has 0 saturated heterocycles. The molecule has 0 aliphatic heterocycles. The average Bonchev–Trinajstić information content (AvgIpc) is 3.03. The minimum Gasteiger partial charge on any atom is -0.450 e. The Labute approximate surface area is 160 Å². The van der Waals surface area contributed by atoms with Crippen LogP contribution in [0.3, 0.4) is 0 Å². The van der Waals surface area contributed by atoms with Gasteiger partial charge in [0, 0.05) is 16.1 Å². The number of aromatic amines is 2. The van der Waals surface area contributed by atoms with Crippen molar-refractivity contribution in [1.82, 2.24) is 15.0 Å². The van der Waals surface area contributed by atoms with Gasteiger partial charge in [-0.15, -0.1) is 11.3 Å². The largest absolute Gasteiger partial charge is 0.450 e. The third-order valence-electron chi connectivity index (χ3n) is 4.84. The summed E-state index contributed by atoms with van der Waals surface area (Å²) < 4.78 is 5.51. The first kappa shape index (κ1) is 19.3. The topological polar surface area (TPSA) is 108 Å². The Balaban J connectivity index is 1.91. The maximum Gasteiger partial charge on any atom is 0.355 e. The second-order valence-corrected chi connectivity index (χ2v) is 8.00. The standard InChI is InChI=1S/C19H23N3O4S/c1-7-12(6)27-18-14(7)17(24)21-16(22-18)11(5)26-19(25)15-8(2)13(10(4)23)9(3)20-15/h10-11,20,23H,1-6H3,(H,21,22,24)/t10-,11-/m1/s1. The van der Waals surface area contributed by atoms with Crippen molar-refractivity contribution in [3.8, 4) is 0 Å². The van der Waals surface area contributed by atoms with Crippen molar-refractivity contribution in [3.63, 3.8) is 0 Å². The van der Waals surface area contributed by atoms with E-state index in [4.69, 9.17) is 4.74 Å². The molecule has 8 heteroatoms. The van der Waals surface area contributed by atoms with Gasteiger partial charge in [0.15, 0.2) is 11.9 Å². The van der Waals surface area contributed by atoms with E-state index in [2.05, 4.69) is 15.0 Å². The third-order valence-corrected chi connectivity index (χ3v) is 5.94. The van der Waals surface area contributed by atoms with E-state index in [0.717, 1.165) is 16.1 Å². The molecule has 0 bridgehead atoms. The second kappa shape index (κ2) is 6.94. The van der Waals surface area contributed by atoms with Gasteiger partial charge >= 0.3 is 5.97 Å². The summed E-state index contributed by atoms with van der Waals surface area (Å²) in [6.45, 7) is 10.7. The van der Waals surface area contributed by atoms with E-state index in [1.807, 2.05) is 13.8 Å². The van der Waals surface area contributed by atoms with Gasteiger partial charge in [0.2, 0.25) is 0 Å². The fraction of sp³-hybridized carbons (Fsp3) is 0.421. The molecule has 3 rings (SSSR count). The van der Waals surface area contributed by atoms with Crippen LogP contribution in [0.2, 0.25) is 0 Å². The molecule has 0 radical (unpaired) electrons. The predicted molar refractivity (Wildman–Crippen MR) is 104 cm³/mol. The van der Waals surface area contributed by atoms with E-state index in [0.29, 0.717) is 32.9 Å². The van der Waals surface area contributed by atoms with Crippen LogP contribution in [0.5, 0.6) is 0 Å². The van der Waals surface area contributed by atoms with Crippen molar-refractivity contribution in [3.05, 3.63) is 49.1 Å². The lowest BCUT2D eigenvalue weighted by molar-refractivity contribution is 0.0312. The first-order valence-electron chi connectivity index (χ1n) is 8.69. The summed E-state index contributed by atoms with van der Waals surface area (Å²) in [7, 11) is 0. The number of rotatable bonds is 4. The van der Waals surface area contributed by atoms with E-state index in [1.54, 1.807) is 27.7 Å². The molecule has 0 saturated carbocycles. The SMILES string of the molecule is Cc1[nH]c(C(=O)O[C@H](C)c2nc3sc(C)c(C)c3c(=O)[nH]2)c(C)c1[C@@H](C)O. The highest BCUT2D eigenvalue weighted by molar-refractivity contribution is 7.18. The summed E-state index contributed by atoms with van der Waals surface area (Å²) in [5, 5.41) is 10.5. The Kier molecular flexibility index (Phi) is 4.96. The Morgan fingerprint density at radius 3 is 2.41 bits per heavy atom. The summed E-state index contributed by atoms with van der Waals surface area (Å²) in [6.07, 6.45) is -1.42. The second-order valence-electron chi connectivity index (χ2n) is 6.80. The number of aliphatic hydroxyl groups is 1. The van der Waals surface area contributed by atoms with E-state index in [9.17, 15) is 14.7 Å². The van der Waals surface area contributed by atoms with E-state index in [-0.39, 0.29) is 5.56 Å². The summed E-state index contributed by atoms with van der Waals surface area (Å²) in [4.78, 5) is 36.8. The lowest BCUT2D eigenvalue weighted by Crippen LogP contribution is -2.17. The number of nitrogens with one attached hydrogen (secondary N) is 2. The summed E-state index contributed by atoms with van der Waals surface area (Å²) in [6, 6.07) is 0. The number of carbonyl (C=O) groups excluding carboxylic acids is 1. The van der Waals surface area contributed by atoms with Crippen LogP contribution in [0, 0.1) is 27.7 Å². The summed E-state index contributed by atoms with van der Waals surface area (Å²) in [5.41, 5.74) is 3.04. The number of H-pyrrole nitrogens is 2. The Morgan fingerprint density at radius 2 is 1.81 bits per heavy atom. The number of hydrogen-bond donors (Lipinski definition) is 3. The molecule has 0 aromatic carbocycles. The molecular formula is C19H23N3O4S. The number of aliphatic hydroxyl groups excluding tert-OH is 1. The molecule has 0 aliphatic carbocycles. The van der Waals surface area contributed by atoms with Gasteiger partial charge in [-0.25, -0.2) is 9.78 Å². The van der Waals surface area contributed by atoms with Crippen LogP contribution < -0.4 is 5.56 Å². The normalized spacial score (nSPS) is 13.7. The minimum atomic E-state index is -0.727. The number of esters is 1. The average molecular weight is 389 g/mol.